The van der Waals surface area contributed by atoms with Crippen LogP contribution >= 0.6 is 15.9 Å². The van der Waals surface area contributed by atoms with Gasteiger partial charge in [-0.15, -0.1) is 0 Å². The molecule has 1 aliphatic rings. The zero-order chi connectivity index (χ0) is 13.8. The second-order valence-corrected chi connectivity index (χ2v) is 5.47. The van der Waals surface area contributed by atoms with Gasteiger partial charge in [-0.05, 0) is 43.1 Å². The molecule has 1 heterocycles. The van der Waals surface area contributed by atoms with Crippen molar-refractivity contribution >= 4 is 21.8 Å². The summed E-state index contributed by atoms with van der Waals surface area (Å²) in [7, 11) is 1.65. The van der Waals surface area contributed by atoms with Crippen molar-refractivity contribution in [3.8, 4) is 5.75 Å². The first-order chi connectivity index (χ1) is 9.15. The van der Waals surface area contributed by atoms with E-state index in [-0.39, 0.29) is 11.9 Å². The molecule has 5 nitrogen and oxygen atoms in total. The van der Waals surface area contributed by atoms with Gasteiger partial charge in [-0.3, -0.25) is 4.90 Å². The minimum atomic E-state index is 0.0168. The molecule has 0 spiro atoms. The minimum absolute atomic E-state index is 0.0168. The lowest BCUT2D eigenvalue weighted by Crippen LogP contribution is -2.40. The normalized spacial score (nSPS) is 20.7. The van der Waals surface area contributed by atoms with Gasteiger partial charge in [0.05, 0.1) is 13.2 Å². The van der Waals surface area contributed by atoms with E-state index in [4.69, 9.17) is 15.7 Å². The Kier molecular flexibility index (Phi) is 4.66. The van der Waals surface area contributed by atoms with E-state index in [0.29, 0.717) is 0 Å². The Morgan fingerprint density at radius 1 is 1.63 bits per heavy atom. The molecule has 2 rings (SSSR count). The Morgan fingerprint density at radius 3 is 3.11 bits per heavy atom. The molecule has 0 amide bonds. The van der Waals surface area contributed by atoms with Crippen LogP contribution in [-0.4, -0.2) is 35.6 Å². The Labute approximate surface area is 121 Å². The molecule has 6 heteroatoms. The summed E-state index contributed by atoms with van der Waals surface area (Å²) >= 11 is 3.55. The minimum Gasteiger partial charge on any atom is -0.497 e. The van der Waals surface area contributed by atoms with Crippen LogP contribution in [0.2, 0.25) is 0 Å². The third-order valence-electron chi connectivity index (χ3n) is 3.45. The van der Waals surface area contributed by atoms with Crippen LogP contribution in [0.5, 0.6) is 5.75 Å². The van der Waals surface area contributed by atoms with Crippen molar-refractivity contribution in [1.82, 2.24) is 4.90 Å². The SMILES string of the molecule is COc1ccc(Br)c(CN2CCCC2C(N)=NO)c1. The second kappa shape index (κ2) is 6.25. The zero-order valence-corrected chi connectivity index (χ0v) is 12.4. The molecule has 1 aliphatic heterocycles. The van der Waals surface area contributed by atoms with E-state index in [0.717, 1.165) is 41.7 Å². The fourth-order valence-electron chi connectivity index (χ4n) is 2.44. The summed E-state index contributed by atoms with van der Waals surface area (Å²) in [6, 6.07) is 5.91. The topological polar surface area (TPSA) is 71.1 Å². The summed E-state index contributed by atoms with van der Waals surface area (Å²) in [5.74, 6) is 1.12. The van der Waals surface area contributed by atoms with Gasteiger partial charge >= 0.3 is 0 Å². The quantitative estimate of drug-likeness (QED) is 0.385. The van der Waals surface area contributed by atoms with Gasteiger partial charge in [0, 0.05) is 11.0 Å². The van der Waals surface area contributed by atoms with E-state index in [1.807, 2.05) is 18.2 Å². The zero-order valence-electron chi connectivity index (χ0n) is 10.8. The highest BCUT2D eigenvalue weighted by Gasteiger charge is 2.28. The highest BCUT2D eigenvalue weighted by molar-refractivity contribution is 9.10. The lowest BCUT2D eigenvalue weighted by Gasteiger charge is -2.24. The summed E-state index contributed by atoms with van der Waals surface area (Å²) in [4.78, 5) is 2.22. The maximum Gasteiger partial charge on any atom is 0.156 e. The van der Waals surface area contributed by atoms with Gasteiger partial charge in [0.25, 0.3) is 0 Å². The van der Waals surface area contributed by atoms with Crippen molar-refractivity contribution in [2.75, 3.05) is 13.7 Å². The van der Waals surface area contributed by atoms with Crippen molar-refractivity contribution in [1.29, 1.82) is 0 Å². The Morgan fingerprint density at radius 2 is 2.42 bits per heavy atom. The fourth-order valence-corrected chi connectivity index (χ4v) is 2.81. The highest BCUT2D eigenvalue weighted by atomic mass is 79.9. The monoisotopic (exact) mass is 327 g/mol. The summed E-state index contributed by atoms with van der Waals surface area (Å²) in [5, 5.41) is 12.0. The number of methoxy groups -OCH3 is 1. The average molecular weight is 328 g/mol. The summed E-state index contributed by atoms with van der Waals surface area (Å²) < 4.78 is 6.28. The van der Waals surface area contributed by atoms with Crippen LogP contribution in [0, 0.1) is 0 Å². The number of amidine groups is 1. The molecule has 1 aromatic carbocycles. The number of ether oxygens (including phenoxy) is 1. The molecule has 1 atom stereocenters. The lowest BCUT2D eigenvalue weighted by molar-refractivity contribution is 0.274. The summed E-state index contributed by atoms with van der Waals surface area (Å²) in [6.07, 6.45) is 1.99. The molecule has 0 saturated carbocycles. The van der Waals surface area contributed by atoms with Gasteiger partial charge in [0.2, 0.25) is 0 Å². The van der Waals surface area contributed by atoms with E-state index >= 15 is 0 Å². The Balaban J connectivity index is 2.16. The van der Waals surface area contributed by atoms with Crippen LogP contribution < -0.4 is 10.5 Å². The van der Waals surface area contributed by atoms with E-state index in [1.165, 1.54) is 0 Å². The number of oxime groups is 1. The van der Waals surface area contributed by atoms with Gasteiger partial charge in [-0.25, -0.2) is 0 Å². The predicted molar refractivity (Wildman–Crippen MR) is 77.5 cm³/mol. The van der Waals surface area contributed by atoms with Gasteiger partial charge in [0.1, 0.15) is 5.75 Å². The highest BCUT2D eigenvalue weighted by Crippen LogP contribution is 2.27. The summed E-state index contributed by atoms with van der Waals surface area (Å²) in [5.41, 5.74) is 6.87. The van der Waals surface area contributed by atoms with Gasteiger partial charge in [-0.1, -0.05) is 21.1 Å². The Bertz CT molecular complexity index is 479. The predicted octanol–water partition coefficient (Wildman–Crippen LogP) is 2.17. The van der Waals surface area contributed by atoms with Crippen molar-refractivity contribution in [2.24, 2.45) is 10.9 Å². The number of rotatable bonds is 4. The molecular weight excluding hydrogens is 310 g/mol. The fraction of sp³-hybridized carbons (Fsp3) is 0.462. The second-order valence-electron chi connectivity index (χ2n) is 4.61. The number of likely N-dealkylation sites (tertiary alicyclic amines) is 1. The third kappa shape index (κ3) is 3.19. The van der Waals surface area contributed by atoms with Crippen LogP contribution in [0.4, 0.5) is 0 Å². The molecule has 1 fully saturated rings. The molecule has 1 unspecified atom stereocenters. The smallest absolute Gasteiger partial charge is 0.156 e. The molecule has 1 aromatic rings. The maximum atomic E-state index is 8.82. The van der Waals surface area contributed by atoms with E-state index in [9.17, 15) is 0 Å². The van der Waals surface area contributed by atoms with Crippen LogP contribution in [0.1, 0.15) is 18.4 Å². The first kappa shape index (κ1) is 14.1. The maximum absolute atomic E-state index is 8.82. The van der Waals surface area contributed by atoms with Gasteiger partial charge in [0.15, 0.2) is 5.84 Å². The molecule has 0 aromatic heterocycles. The van der Waals surface area contributed by atoms with Gasteiger partial charge < -0.3 is 15.7 Å². The van der Waals surface area contributed by atoms with Crippen molar-refractivity contribution in [3.63, 3.8) is 0 Å². The van der Waals surface area contributed by atoms with Crippen LogP contribution in [0.3, 0.4) is 0 Å². The van der Waals surface area contributed by atoms with Crippen molar-refractivity contribution in [3.05, 3.63) is 28.2 Å². The van der Waals surface area contributed by atoms with Crippen LogP contribution in [0.25, 0.3) is 0 Å². The largest absolute Gasteiger partial charge is 0.497 e. The lowest BCUT2D eigenvalue weighted by atomic mass is 10.1. The molecule has 1 saturated heterocycles. The third-order valence-corrected chi connectivity index (χ3v) is 4.22. The molecular formula is C13H18BrN3O2. The first-order valence-corrected chi connectivity index (χ1v) is 6.99. The van der Waals surface area contributed by atoms with E-state index in [2.05, 4.69) is 26.0 Å². The van der Waals surface area contributed by atoms with Crippen LogP contribution in [-0.2, 0) is 6.54 Å². The summed E-state index contributed by atoms with van der Waals surface area (Å²) in [6.45, 7) is 1.70. The van der Waals surface area contributed by atoms with Crippen molar-refractivity contribution in [2.45, 2.75) is 25.4 Å². The number of halogens is 1. The number of hydrogen-bond acceptors (Lipinski definition) is 4. The molecule has 3 N–H and O–H groups in total. The molecule has 104 valence electrons. The standard InChI is InChI=1S/C13H18BrN3O2/c1-19-10-4-5-11(14)9(7-10)8-17-6-2-3-12(17)13(15)16-18/h4-5,7,12,18H,2-3,6,8H2,1H3,(H2,15,16). The molecule has 0 aliphatic carbocycles. The number of hydrogen-bond donors (Lipinski definition) is 2. The van der Waals surface area contributed by atoms with Crippen LogP contribution in [0.15, 0.2) is 27.8 Å². The Hall–Kier alpha value is -1.27. The molecule has 0 bridgehead atoms. The van der Waals surface area contributed by atoms with E-state index in [1.54, 1.807) is 7.11 Å². The van der Waals surface area contributed by atoms with Crippen molar-refractivity contribution < 1.29 is 9.94 Å². The van der Waals surface area contributed by atoms with Gasteiger partial charge in [-0.2, -0.15) is 0 Å². The number of nitrogens with two attached hydrogens (primary N) is 1. The molecule has 19 heavy (non-hydrogen) atoms. The average Bonchev–Trinajstić information content (AvgIpc) is 2.88. The molecule has 0 radical (unpaired) electrons. The number of benzene rings is 1. The number of nitrogens with zero attached hydrogens (tertiary/aromatic N) is 2. The van der Waals surface area contributed by atoms with E-state index < -0.39 is 0 Å². The first-order valence-electron chi connectivity index (χ1n) is 6.19.